The molecule has 0 aliphatic carbocycles. The van der Waals surface area contributed by atoms with Gasteiger partial charge in [-0.3, -0.25) is 9.59 Å². The summed E-state index contributed by atoms with van der Waals surface area (Å²) in [6, 6.07) is 16.6. The van der Waals surface area contributed by atoms with Crippen LogP contribution in [0.25, 0.3) is 10.8 Å². The molecule has 0 unspecified atom stereocenters. The zero-order valence-corrected chi connectivity index (χ0v) is 20.7. The molecule has 35 heavy (non-hydrogen) atoms. The third-order valence-corrected chi connectivity index (χ3v) is 6.68. The van der Waals surface area contributed by atoms with E-state index < -0.39 is 0 Å². The van der Waals surface area contributed by atoms with E-state index in [1.54, 1.807) is 26.2 Å². The summed E-state index contributed by atoms with van der Waals surface area (Å²) in [7, 11) is 4.83. The lowest BCUT2D eigenvalue weighted by atomic mass is 9.94. The van der Waals surface area contributed by atoms with E-state index in [0.717, 1.165) is 34.9 Å². The van der Waals surface area contributed by atoms with Crippen LogP contribution in [-0.2, 0) is 4.79 Å². The number of amides is 2. The highest BCUT2D eigenvalue weighted by atomic mass is 16.5. The number of methoxy groups -OCH3 is 3. The van der Waals surface area contributed by atoms with Gasteiger partial charge in [-0.25, -0.2) is 0 Å². The van der Waals surface area contributed by atoms with Crippen LogP contribution in [0, 0.1) is 5.92 Å². The maximum Gasteiger partial charge on any atom is 0.254 e. The van der Waals surface area contributed by atoms with Crippen molar-refractivity contribution in [1.82, 2.24) is 10.2 Å². The highest BCUT2D eigenvalue weighted by molar-refractivity contribution is 6.08. The van der Waals surface area contributed by atoms with Crippen molar-refractivity contribution in [2.24, 2.45) is 5.92 Å². The van der Waals surface area contributed by atoms with Crippen molar-refractivity contribution in [3.8, 4) is 17.2 Å². The summed E-state index contributed by atoms with van der Waals surface area (Å²) in [5, 5.41) is 4.85. The quantitative estimate of drug-likeness (QED) is 0.540. The Kier molecular flexibility index (Phi) is 7.44. The van der Waals surface area contributed by atoms with E-state index >= 15 is 0 Å². The molecule has 0 radical (unpaired) electrons. The maximum atomic E-state index is 13.5. The molecule has 7 nitrogen and oxygen atoms in total. The van der Waals surface area contributed by atoms with Crippen molar-refractivity contribution in [2.75, 3.05) is 34.4 Å². The summed E-state index contributed by atoms with van der Waals surface area (Å²) in [5.41, 5.74) is 1.46. The molecule has 1 heterocycles. The van der Waals surface area contributed by atoms with Crippen LogP contribution in [0.3, 0.4) is 0 Å². The Bertz CT molecular complexity index is 1230. The lowest BCUT2D eigenvalue weighted by Gasteiger charge is -2.33. The summed E-state index contributed by atoms with van der Waals surface area (Å²) in [4.78, 5) is 28.5. The first-order valence-electron chi connectivity index (χ1n) is 11.8. The Balaban J connectivity index is 1.49. The summed E-state index contributed by atoms with van der Waals surface area (Å²) < 4.78 is 16.3. The molecule has 0 spiro atoms. The third-order valence-electron chi connectivity index (χ3n) is 6.68. The van der Waals surface area contributed by atoms with Gasteiger partial charge in [0.25, 0.3) is 5.91 Å². The summed E-state index contributed by atoms with van der Waals surface area (Å²) in [5.74, 6) is 1.70. The van der Waals surface area contributed by atoms with Gasteiger partial charge in [0.15, 0.2) is 0 Å². The number of rotatable bonds is 7. The standard InChI is InChI=1S/C28H32N2O5/c1-18(24-16-20(33-2)11-13-26(24)35-4)29-27(31)19-8-7-15-30(17-19)28(32)23-12-14-25(34-3)22-10-6-5-9-21(22)23/h5-6,9-14,16,18-19H,7-8,15,17H2,1-4H3,(H,29,31)/t18-,19+/m1/s1. The fraction of sp³-hybridized carbons (Fsp3) is 0.357. The lowest BCUT2D eigenvalue weighted by Crippen LogP contribution is -2.46. The molecule has 0 bridgehead atoms. The molecule has 2 atom stereocenters. The van der Waals surface area contributed by atoms with Crippen LogP contribution in [0.1, 0.15) is 41.7 Å². The van der Waals surface area contributed by atoms with Crippen LogP contribution >= 0.6 is 0 Å². The van der Waals surface area contributed by atoms with Crippen molar-refractivity contribution in [3.05, 3.63) is 65.7 Å². The fourth-order valence-electron chi connectivity index (χ4n) is 4.77. The molecule has 0 aromatic heterocycles. The van der Waals surface area contributed by atoms with E-state index in [1.807, 2.05) is 61.5 Å². The van der Waals surface area contributed by atoms with E-state index in [4.69, 9.17) is 14.2 Å². The van der Waals surface area contributed by atoms with Gasteiger partial charge in [0.1, 0.15) is 17.2 Å². The van der Waals surface area contributed by atoms with Gasteiger partial charge in [0, 0.05) is 29.6 Å². The average molecular weight is 477 g/mol. The number of piperidine rings is 1. The van der Waals surface area contributed by atoms with Crippen molar-refractivity contribution < 1.29 is 23.8 Å². The van der Waals surface area contributed by atoms with E-state index in [0.29, 0.717) is 30.2 Å². The van der Waals surface area contributed by atoms with Crippen molar-refractivity contribution in [3.63, 3.8) is 0 Å². The largest absolute Gasteiger partial charge is 0.497 e. The number of nitrogens with zero attached hydrogens (tertiary/aromatic N) is 1. The lowest BCUT2D eigenvalue weighted by molar-refractivity contribution is -0.127. The molecule has 1 fully saturated rings. The SMILES string of the molecule is COc1ccc(OC)c([C@@H](C)NC(=O)[C@H]2CCCN(C(=O)c3ccc(OC)c4ccccc34)C2)c1. The number of ether oxygens (including phenoxy) is 3. The molecule has 4 rings (SSSR count). The number of fused-ring (bicyclic) bond motifs is 1. The van der Waals surface area contributed by atoms with Crippen LogP contribution < -0.4 is 19.5 Å². The van der Waals surface area contributed by atoms with E-state index in [9.17, 15) is 9.59 Å². The first kappa shape index (κ1) is 24.4. The molecular formula is C28H32N2O5. The predicted molar refractivity (Wildman–Crippen MR) is 135 cm³/mol. The zero-order valence-electron chi connectivity index (χ0n) is 20.7. The third kappa shape index (κ3) is 5.04. The maximum absolute atomic E-state index is 13.5. The van der Waals surface area contributed by atoms with Crippen molar-refractivity contribution in [2.45, 2.75) is 25.8 Å². The van der Waals surface area contributed by atoms with Gasteiger partial charge in [0.05, 0.1) is 33.3 Å². The number of carbonyl (C=O) groups excluding carboxylic acids is 2. The molecule has 184 valence electrons. The first-order chi connectivity index (χ1) is 17.0. The Morgan fingerprint density at radius 2 is 1.66 bits per heavy atom. The van der Waals surface area contributed by atoms with E-state index in [1.165, 1.54) is 0 Å². The smallest absolute Gasteiger partial charge is 0.254 e. The highest BCUT2D eigenvalue weighted by Crippen LogP contribution is 2.31. The summed E-state index contributed by atoms with van der Waals surface area (Å²) in [6.07, 6.45) is 1.51. The predicted octanol–water partition coefficient (Wildman–Crippen LogP) is 4.60. The number of carbonyl (C=O) groups is 2. The van der Waals surface area contributed by atoms with Crippen LogP contribution in [0.15, 0.2) is 54.6 Å². The molecule has 1 saturated heterocycles. The molecule has 1 aliphatic heterocycles. The second-order valence-electron chi connectivity index (χ2n) is 8.79. The van der Waals surface area contributed by atoms with Gasteiger partial charge in [-0.15, -0.1) is 0 Å². The number of hydrogen-bond donors (Lipinski definition) is 1. The average Bonchev–Trinajstić information content (AvgIpc) is 2.91. The number of nitrogens with one attached hydrogen (secondary N) is 1. The van der Waals surface area contributed by atoms with Crippen LogP contribution in [0.4, 0.5) is 0 Å². The molecule has 0 saturated carbocycles. The normalized spacial score (nSPS) is 16.5. The minimum atomic E-state index is -0.281. The molecule has 3 aromatic carbocycles. The first-order valence-corrected chi connectivity index (χ1v) is 11.8. The van der Waals surface area contributed by atoms with Crippen LogP contribution in [-0.4, -0.2) is 51.1 Å². The minimum absolute atomic E-state index is 0.0659. The molecule has 2 amide bonds. The Labute approximate surface area is 206 Å². The van der Waals surface area contributed by atoms with Gasteiger partial charge in [-0.2, -0.15) is 0 Å². The second-order valence-corrected chi connectivity index (χ2v) is 8.79. The van der Waals surface area contributed by atoms with Crippen LogP contribution in [0.5, 0.6) is 17.2 Å². The second kappa shape index (κ2) is 10.7. The Hall–Kier alpha value is -3.74. The minimum Gasteiger partial charge on any atom is -0.497 e. The van der Waals surface area contributed by atoms with E-state index in [-0.39, 0.29) is 23.8 Å². The monoisotopic (exact) mass is 476 g/mol. The Morgan fingerprint density at radius 1 is 0.943 bits per heavy atom. The van der Waals surface area contributed by atoms with Gasteiger partial charge in [-0.1, -0.05) is 24.3 Å². The van der Waals surface area contributed by atoms with Gasteiger partial charge >= 0.3 is 0 Å². The fourth-order valence-corrected chi connectivity index (χ4v) is 4.77. The number of hydrogen-bond acceptors (Lipinski definition) is 5. The molecule has 1 N–H and O–H groups in total. The Morgan fingerprint density at radius 3 is 2.37 bits per heavy atom. The van der Waals surface area contributed by atoms with E-state index in [2.05, 4.69) is 5.32 Å². The molecular weight excluding hydrogens is 444 g/mol. The highest BCUT2D eigenvalue weighted by Gasteiger charge is 2.30. The number of likely N-dealkylation sites (tertiary alicyclic amines) is 1. The molecule has 7 heteroatoms. The summed E-state index contributed by atoms with van der Waals surface area (Å²) in [6.45, 7) is 2.93. The van der Waals surface area contributed by atoms with Gasteiger partial charge in [-0.05, 0) is 55.5 Å². The molecule has 3 aromatic rings. The van der Waals surface area contributed by atoms with Crippen molar-refractivity contribution in [1.29, 1.82) is 0 Å². The summed E-state index contributed by atoms with van der Waals surface area (Å²) >= 11 is 0. The van der Waals surface area contributed by atoms with Crippen molar-refractivity contribution >= 4 is 22.6 Å². The van der Waals surface area contributed by atoms with Crippen LogP contribution in [0.2, 0.25) is 0 Å². The zero-order chi connectivity index (χ0) is 24.9. The van der Waals surface area contributed by atoms with Gasteiger partial charge < -0.3 is 24.4 Å². The topological polar surface area (TPSA) is 77.1 Å². The molecule has 1 aliphatic rings. The number of benzene rings is 3. The van der Waals surface area contributed by atoms with Gasteiger partial charge in [0.2, 0.25) is 5.91 Å².